The SMILES string of the molecule is CCOC(=O)C(C/C=C/CSc1ccccc1)NC=O. The molecule has 0 aliphatic carbocycles. The van der Waals surface area contributed by atoms with Crippen LogP contribution >= 0.6 is 11.8 Å². The number of thioether (sulfide) groups is 1. The first kappa shape index (κ1) is 16.3. The zero-order valence-corrected chi connectivity index (χ0v) is 12.3. The molecule has 5 heteroatoms. The molecule has 108 valence electrons. The largest absolute Gasteiger partial charge is 0.464 e. The third kappa shape index (κ3) is 6.43. The van der Waals surface area contributed by atoms with E-state index in [0.717, 1.165) is 5.75 Å². The molecule has 20 heavy (non-hydrogen) atoms. The van der Waals surface area contributed by atoms with Gasteiger partial charge in [0.1, 0.15) is 6.04 Å². The Morgan fingerprint density at radius 2 is 2.10 bits per heavy atom. The second-order valence-electron chi connectivity index (χ2n) is 3.92. The highest BCUT2D eigenvalue weighted by atomic mass is 32.2. The van der Waals surface area contributed by atoms with Crippen LogP contribution in [0.25, 0.3) is 0 Å². The molecular formula is C15H19NO3S. The standard InChI is InChI=1S/C15H19NO3S/c1-2-19-15(18)14(16-12-17)10-6-7-11-20-13-8-4-3-5-9-13/h3-9,12,14H,2,10-11H2,1H3,(H,16,17)/b7-6+. The maximum absolute atomic E-state index is 11.5. The minimum Gasteiger partial charge on any atom is -0.464 e. The molecule has 0 aromatic heterocycles. The van der Waals surface area contributed by atoms with Gasteiger partial charge in [0, 0.05) is 10.6 Å². The Morgan fingerprint density at radius 3 is 2.75 bits per heavy atom. The van der Waals surface area contributed by atoms with Gasteiger partial charge in [-0.25, -0.2) is 4.79 Å². The van der Waals surface area contributed by atoms with Gasteiger partial charge in [-0.1, -0.05) is 30.4 Å². The molecule has 1 atom stereocenters. The molecule has 1 N–H and O–H groups in total. The van der Waals surface area contributed by atoms with Crippen molar-refractivity contribution in [1.82, 2.24) is 5.32 Å². The van der Waals surface area contributed by atoms with Gasteiger partial charge in [-0.05, 0) is 25.5 Å². The summed E-state index contributed by atoms with van der Waals surface area (Å²) >= 11 is 1.71. The van der Waals surface area contributed by atoms with E-state index >= 15 is 0 Å². The Labute approximate surface area is 123 Å². The summed E-state index contributed by atoms with van der Waals surface area (Å²) in [5.74, 6) is 0.417. The lowest BCUT2D eigenvalue weighted by Crippen LogP contribution is -2.36. The average Bonchev–Trinajstić information content (AvgIpc) is 2.47. The fourth-order valence-corrected chi connectivity index (χ4v) is 2.29. The van der Waals surface area contributed by atoms with Crippen LogP contribution in [0.5, 0.6) is 0 Å². The van der Waals surface area contributed by atoms with Gasteiger partial charge in [0.25, 0.3) is 0 Å². The second-order valence-corrected chi connectivity index (χ2v) is 5.01. The molecule has 0 saturated carbocycles. The molecule has 4 nitrogen and oxygen atoms in total. The van der Waals surface area contributed by atoms with Gasteiger partial charge in [-0.2, -0.15) is 0 Å². The molecule has 0 fully saturated rings. The van der Waals surface area contributed by atoms with E-state index in [4.69, 9.17) is 4.74 Å². The number of benzene rings is 1. The summed E-state index contributed by atoms with van der Waals surface area (Å²) in [5.41, 5.74) is 0. The molecule has 0 spiro atoms. The molecule has 0 heterocycles. The number of rotatable bonds is 9. The summed E-state index contributed by atoms with van der Waals surface area (Å²) < 4.78 is 4.88. The number of hydrogen-bond acceptors (Lipinski definition) is 4. The Balaban J connectivity index is 2.33. The minimum absolute atomic E-state index is 0.309. The van der Waals surface area contributed by atoms with Crippen molar-refractivity contribution in [2.45, 2.75) is 24.3 Å². The lowest BCUT2D eigenvalue weighted by Gasteiger charge is -2.12. The summed E-state index contributed by atoms with van der Waals surface area (Å²) in [7, 11) is 0. The van der Waals surface area contributed by atoms with Crippen LogP contribution in [0.3, 0.4) is 0 Å². The van der Waals surface area contributed by atoms with E-state index in [0.29, 0.717) is 19.4 Å². The van der Waals surface area contributed by atoms with Gasteiger partial charge < -0.3 is 10.1 Å². The smallest absolute Gasteiger partial charge is 0.328 e. The molecular weight excluding hydrogens is 274 g/mol. The van der Waals surface area contributed by atoms with Crippen molar-refractivity contribution in [1.29, 1.82) is 0 Å². The number of hydrogen-bond donors (Lipinski definition) is 1. The van der Waals surface area contributed by atoms with E-state index in [1.54, 1.807) is 18.7 Å². The van der Waals surface area contributed by atoms with E-state index in [2.05, 4.69) is 5.32 Å². The van der Waals surface area contributed by atoms with Gasteiger partial charge >= 0.3 is 5.97 Å². The summed E-state index contributed by atoms with van der Waals surface area (Å²) in [6.07, 6.45) is 4.82. The first-order chi connectivity index (χ1) is 9.77. The van der Waals surface area contributed by atoms with Crippen molar-refractivity contribution in [2.75, 3.05) is 12.4 Å². The fraction of sp³-hybridized carbons (Fsp3) is 0.333. The van der Waals surface area contributed by atoms with Gasteiger partial charge in [0.2, 0.25) is 6.41 Å². The van der Waals surface area contributed by atoms with Crippen molar-refractivity contribution in [2.24, 2.45) is 0 Å². The Bertz CT molecular complexity index is 434. The van der Waals surface area contributed by atoms with Crippen LogP contribution < -0.4 is 5.32 Å². The number of carbonyl (C=O) groups is 2. The predicted octanol–water partition coefficient (Wildman–Crippen LogP) is 2.40. The van der Waals surface area contributed by atoms with E-state index in [-0.39, 0.29) is 0 Å². The van der Waals surface area contributed by atoms with Crippen LogP contribution in [-0.4, -0.2) is 30.8 Å². The third-order valence-corrected chi connectivity index (χ3v) is 3.43. The Morgan fingerprint density at radius 1 is 1.35 bits per heavy atom. The van der Waals surface area contributed by atoms with Crippen molar-refractivity contribution < 1.29 is 14.3 Å². The Hall–Kier alpha value is -1.75. The van der Waals surface area contributed by atoms with Crippen molar-refractivity contribution in [3.8, 4) is 0 Å². The van der Waals surface area contributed by atoms with E-state index in [9.17, 15) is 9.59 Å². The lowest BCUT2D eigenvalue weighted by atomic mass is 10.2. The highest BCUT2D eigenvalue weighted by molar-refractivity contribution is 7.99. The van der Waals surface area contributed by atoms with Crippen molar-refractivity contribution in [3.05, 3.63) is 42.5 Å². The number of nitrogens with one attached hydrogen (secondary N) is 1. The molecule has 1 aromatic carbocycles. The average molecular weight is 293 g/mol. The summed E-state index contributed by atoms with van der Waals surface area (Å²) in [4.78, 5) is 23.2. The van der Waals surface area contributed by atoms with Gasteiger partial charge in [-0.15, -0.1) is 11.8 Å². The number of amides is 1. The third-order valence-electron chi connectivity index (χ3n) is 2.47. The van der Waals surface area contributed by atoms with Crippen LogP contribution in [0.4, 0.5) is 0 Å². The molecule has 0 bridgehead atoms. The summed E-state index contributed by atoms with van der Waals surface area (Å²) in [6.45, 7) is 2.05. The summed E-state index contributed by atoms with van der Waals surface area (Å²) in [5, 5.41) is 2.46. The zero-order chi connectivity index (χ0) is 14.6. The molecule has 0 aliphatic heterocycles. The van der Waals surface area contributed by atoms with Crippen LogP contribution in [0.1, 0.15) is 13.3 Å². The van der Waals surface area contributed by atoms with Crippen LogP contribution in [-0.2, 0) is 14.3 Å². The first-order valence-corrected chi connectivity index (χ1v) is 7.45. The van der Waals surface area contributed by atoms with Gasteiger partial charge in [-0.3, -0.25) is 4.79 Å². The van der Waals surface area contributed by atoms with Crippen LogP contribution in [0, 0.1) is 0 Å². The monoisotopic (exact) mass is 293 g/mol. The quantitative estimate of drug-likeness (QED) is 0.329. The van der Waals surface area contributed by atoms with E-state index in [1.807, 2.05) is 42.5 Å². The van der Waals surface area contributed by atoms with Crippen LogP contribution in [0.15, 0.2) is 47.4 Å². The predicted molar refractivity (Wildman–Crippen MR) is 80.5 cm³/mol. The fourth-order valence-electron chi connectivity index (χ4n) is 1.52. The second kappa shape index (κ2) is 10.1. The highest BCUT2D eigenvalue weighted by Gasteiger charge is 2.16. The minimum atomic E-state index is -0.606. The lowest BCUT2D eigenvalue weighted by molar-refractivity contribution is -0.146. The molecule has 1 unspecified atom stereocenters. The zero-order valence-electron chi connectivity index (χ0n) is 11.5. The van der Waals surface area contributed by atoms with Gasteiger partial charge in [0.15, 0.2) is 0 Å². The molecule has 0 aliphatic rings. The van der Waals surface area contributed by atoms with E-state index < -0.39 is 12.0 Å². The first-order valence-electron chi connectivity index (χ1n) is 6.47. The highest BCUT2D eigenvalue weighted by Crippen LogP contribution is 2.16. The van der Waals surface area contributed by atoms with Crippen molar-refractivity contribution >= 4 is 24.1 Å². The maximum Gasteiger partial charge on any atom is 0.328 e. The topological polar surface area (TPSA) is 55.4 Å². The number of carbonyl (C=O) groups excluding carboxylic acids is 2. The molecule has 0 radical (unpaired) electrons. The van der Waals surface area contributed by atoms with Gasteiger partial charge in [0.05, 0.1) is 6.61 Å². The number of ether oxygens (including phenoxy) is 1. The summed E-state index contributed by atoms with van der Waals surface area (Å²) in [6, 6.07) is 9.47. The maximum atomic E-state index is 11.5. The molecule has 1 aromatic rings. The van der Waals surface area contributed by atoms with E-state index in [1.165, 1.54) is 4.90 Å². The molecule has 1 rings (SSSR count). The van der Waals surface area contributed by atoms with Crippen LogP contribution in [0.2, 0.25) is 0 Å². The van der Waals surface area contributed by atoms with Crippen molar-refractivity contribution in [3.63, 3.8) is 0 Å². The molecule has 0 saturated heterocycles. The normalized spacial score (nSPS) is 12.1. The Kier molecular flexibility index (Phi) is 8.22. The molecule has 1 amide bonds. The number of esters is 1.